The molecular formula is C26H20N2O3. The smallest absolute Gasteiger partial charge is 0.266 e. The average molecular weight is 408 g/mol. The van der Waals surface area contributed by atoms with Crippen LogP contribution in [0.2, 0.25) is 0 Å². The lowest BCUT2D eigenvalue weighted by Gasteiger charge is -2.32. The molecule has 6 rings (SSSR count). The highest BCUT2D eigenvalue weighted by Gasteiger charge is 2.35. The van der Waals surface area contributed by atoms with E-state index in [0.29, 0.717) is 30.0 Å². The zero-order valence-electron chi connectivity index (χ0n) is 16.9. The monoisotopic (exact) mass is 408 g/mol. The van der Waals surface area contributed by atoms with Crippen molar-refractivity contribution in [2.75, 3.05) is 36.1 Å². The van der Waals surface area contributed by atoms with Gasteiger partial charge in [-0.05, 0) is 29.7 Å². The highest BCUT2D eigenvalue weighted by molar-refractivity contribution is 6.37. The zero-order chi connectivity index (χ0) is 20.9. The van der Waals surface area contributed by atoms with E-state index in [1.165, 1.54) is 4.90 Å². The molecule has 0 aromatic heterocycles. The molecule has 152 valence electrons. The maximum absolute atomic E-state index is 13.6. The average Bonchev–Trinajstić information content (AvgIpc) is 2.83. The number of benzene rings is 4. The second kappa shape index (κ2) is 6.93. The van der Waals surface area contributed by atoms with Crippen LogP contribution in [0.25, 0.3) is 21.5 Å². The maximum Gasteiger partial charge on any atom is 0.266 e. The zero-order valence-corrected chi connectivity index (χ0v) is 16.9. The van der Waals surface area contributed by atoms with Crippen molar-refractivity contribution >= 4 is 44.7 Å². The van der Waals surface area contributed by atoms with Crippen LogP contribution in [0, 0.1) is 0 Å². The fraction of sp³-hybridized carbons (Fsp3) is 0.154. The van der Waals surface area contributed by atoms with Gasteiger partial charge in [0.1, 0.15) is 0 Å². The van der Waals surface area contributed by atoms with Crippen molar-refractivity contribution in [3.05, 3.63) is 83.9 Å². The molecule has 0 radical (unpaired) electrons. The summed E-state index contributed by atoms with van der Waals surface area (Å²) in [6.07, 6.45) is 0. The number of hydrogen-bond acceptors (Lipinski definition) is 4. The van der Waals surface area contributed by atoms with E-state index in [9.17, 15) is 9.59 Å². The van der Waals surface area contributed by atoms with Crippen LogP contribution >= 0.6 is 0 Å². The highest BCUT2D eigenvalue weighted by Crippen LogP contribution is 2.39. The number of morpholine rings is 1. The van der Waals surface area contributed by atoms with Crippen molar-refractivity contribution in [3.63, 3.8) is 0 Å². The van der Waals surface area contributed by atoms with Gasteiger partial charge in [0.15, 0.2) is 0 Å². The fourth-order valence-electron chi connectivity index (χ4n) is 4.78. The summed E-state index contributed by atoms with van der Waals surface area (Å²) < 4.78 is 5.49. The molecular weight excluding hydrogens is 388 g/mol. The minimum atomic E-state index is -0.279. The van der Waals surface area contributed by atoms with Crippen LogP contribution in [-0.4, -0.2) is 38.1 Å². The molecule has 0 bridgehead atoms. The number of nitrogens with zero attached hydrogens (tertiary/aromatic N) is 2. The molecule has 0 spiro atoms. The molecule has 0 atom stereocenters. The van der Waals surface area contributed by atoms with Crippen molar-refractivity contribution in [1.29, 1.82) is 0 Å². The summed E-state index contributed by atoms with van der Waals surface area (Å²) in [5.41, 5.74) is 2.79. The van der Waals surface area contributed by atoms with Crippen LogP contribution in [0.3, 0.4) is 0 Å². The van der Waals surface area contributed by atoms with E-state index < -0.39 is 0 Å². The summed E-state index contributed by atoms with van der Waals surface area (Å²) in [7, 11) is 0. The second-order valence-electron chi connectivity index (χ2n) is 7.90. The predicted octanol–water partition coefficient (Wildman–Crippen LogP) is 4.63. The number of anilines is 2. The second-order valence-corrected chi connectivity index (χ2v) is 7.90. The van der Waals surface area contributed by atoms with E-state index in [1.807, 2.05) is 72.8 Å². The largest absolute Gasteiger partial charge is 0.378 e. The molecule has 0 aliphatic carbocycles. The number of hydrogen-bond donors (Lipinski definition) is 0. The van der Waals surface area contributed by atoms with Crippen molar-refractivity contribution in [2.24, 2.45) is 0 Å². The molecule has 2 heterocycles. The molecule has 2 amide bonds. The molecule has 4 aromatic rings. The third-order valence-corrected chi connectivity index (χ3v) is 6.24. The first-order valence-electron chi connectivity index (χ1n) is 10.5. The lowest BCUT2D eigenvalue weighted by atomic mass is 9.92. The van der Waals surface area contributed by atoms with Gasteiger partial charge < -0.3 is 9.64 Å². The highest BCUT2D eigenvalue weighted by atomic mass is 16.5. The molecule has 31 heavy (non-hydrogen) atoms. The summed E-state index contributed by atoms with van der Waals surface area (Å²) in [4.78, 5) is 30.8. The van der Waals surface area contributed by atoms with Crippen molar-refractivity contribution in [2.45, 2.75) is 0 Å². The fourth-order valence-corrected chi connectivity index (χ4v) is 4.78. The Kier molecular flexibility index (Phi) is 4.04. The Morgan fingerprint density at radius 3 is 2.16 bits per heavy atom. The Morgan fingerprint density at radius 1 is 0.645 bits per heavy atom. The molecule has 0 N–H and O–H groups in total. The summed E-state index contributed by atoms with van der Waals surface area (Å²) in [6.45, 7) is 2.94. The third kappa shape index (κ3) is 2.67. The number of carbonyl (C=O) groups is 2. The standard InChI is InChI=1S/C26H20N2O3/c29-25-20-9-4-8-19-22(27-13-15-31-16-14-27)12-11-21(24(19)20)26(30)28(25)23-10-3-6-17-5-1-2-7-18(17)23/h1-12H,13-16H2. The minimum Gasteiger partial charge on any atom is -0.378 e. The quantitative estimate of drug-likeness (QED) is 0.454. The number of ether oxygens (including phenoxy) is 1. The summed E-state index contributed by atoms with van der Waals surface area (Å²) >= 11 is 0. The van der Waals surface area contributed by atoms with Gasteiger partial charge in [0, 0.05) is 46.1 Å². The third-order valence-electron chi connectivity index (χ3n) is 6.24. The molecule has 5 nitrogen and oxygen atoms in total. The van der Waals surface area contributed by atoms with Gasteiger partial charge in [-0.15, -0.1) is 0 Å². The van der Waals surface area contributed by atoms with Crippen LogP contribution in [0.1, 0.15) is 20.7 Å². The van der Waals surface area contributed by atoms with Crippen molar-refractivity contribution in [3.8, 4) is 0 Å². The van der Waals surface area contributed by atoms with E-state index >= 15 is 0 Å². The molecule has 1 saturated heterocycles. The molecule has 4 aromatic carbocycles. The molecule has 2 aliphatic rings. The number of fused-ring (bicyclic) bond motifs is 1. The number of amides is 2. The van der Waals surface area contributed by atoms with E-state index in [4.69, 9.17) is 4.74 Å². The SMILES string of the molecule is O=C1c2cccc3c(N4CCOCC4)ccc(c23)C(=O)N1c1cccc2ccccc12. The molecule has 2 aliphatic heterocycles. The van der Waals surface area contributed by atoms with Crippen LogP contribution in [0.4, 0.5) is 11.4 Å². The van der Waals surface area contributed by atoms with Gasteiger partial charge in [-0.25, -0.2) is 4.90 Å². The van der Waals surface area contributed by atoms with Crippen LogP contribution in [-0.2, 0) is 4.74 Å². The van der Waals surface area contributed by atoms with E-state index in [2.05, 4.69) is 4.90 Å². The maximum atomic E-state index is 13.6. The minimum absolute atomic E-state index is 0.279. The van der Waals surface area contributed by atoms with Crippen LogP contribution in [0.5, 0.6) is 0 Å². The van der Waals surface area contributed by atoms with E-state index in [1.54, 1.807) is 0 Å². The molecule has 0 unspecified atom stereocenters. The number of carbonyl (C=O) groups excluding carboxylic acids is 2. The van der Waals surface area contributed by atoms with Gasteiger partial charge >= 0.3 is 0 Å². The summed E-state index contributed by atoms with van der Waals surface area (Å²) in [5.74, 6) is -0.558. The first-order valence-corrected chi connectivity index (χ1v) is 10.5. The lowest BCUT2D eigenvalue weighted by molar-refractivity contribution is 0.0894. The van der Waals surface area contributed by atoms with Gasteiger partial charge in [-0.1, -0.05) is 48.5 Å². The summed E-state index contributed by atoms with van der Waals surface area (Å²) in [6, 6.07) is 23.1. The van der Waals surface area contributed by atoms with E-state index in [-0.39, 0.29) is 11.8 Å². The number of rotatable bonds is 2. The van der Waals surface area contributed by atoms with Crippen LogP contribution < -0.4 is 9.80 Å². The van der Waals surface area contributed by atoms with E-state index in [0.717, 1.165) is 40.3 Å². The Bertz CT molecular complexity index is 1340. The van der Waals surface area contributed by atoms with Crippen molar-refractivity contribution < 1.29 is 14.3 Å². The Balaban J connectivity index is 1.55. The van der Waals surface area contributed by atoms with Gasteiger partial charge in [0.05, 0.1) is 18.9 Å². The Hall–Kier alpha value is -3.70. The molecule has 5 heteroatoms. The van der Waals surface area contributed by atoms with Gasteiger partial charge in [0.2, 0.25) is 0 Å². The van der Waals surface area contributed by atoms with Crippen molar-refractivity contribution in [1.82, 2.24) is 0 Å². The topological polar surface area (TPSA) is 49.9 Å². The first kappa shape index (κ1) is 18.1. The lowest BCUT2D eigenvalue weighted by Crippen LogP contribution is -2.41. The Labute approximate surface area is 179 Å². The predicted molar refractivity (Wildman–Crippen MR) is 122 cm³/mol. The Morgan fingerprint density at radius 2 is 1.32 bits per heavy atom. The van der Waals surface area contributed by atoms with Gasteiger partial charge in [0.25, 0.3) is 11.8 Å². The van der Waals surface area contributed by atoms with Gasteiger partial charge in [-0.2, -0.15) is 0 Å². The molecule has 0 saturated carbocycles. The summed E-state index contributed by atoms with van der Waals surface area (Å²) in [5, 5.41) is 3.56. The first-order chi connectivity index (χ1) is 15.2. The number of imide groups is 1. The van der Waals surface area contributed by atoms with Gasteiger partial charge in [-0.3, -0.25) is 9.59 Å². The normalized spacial score (nSPS) is 16.4. The van der Waals surface area contributed by atoms with Crippen LogP contribution in [0.15, 0.2) is 72.8 Å². The molecule has 1 fully saturated rings.